The van der Waals surface area contributed by atoms with E-state index in [0.717, 1.165) is 23.2 Å². The molecule has 0 radical (unpaired) electrons. The van der Waals surface area contributed by atoms with Crippen molar-refractivity contribution < 1.29 is 4.79 Å². The second-order valence-electron chi connectivity index (χ2n) is 8.56. The predicted molar refractivity (Wildman–Crippen MR) is 124 cm³/mol. The fraction of sp³-hybridized carbons (Fsp3) is 0.333. The number of anilines is 1. The SMILES string of the molecule is Cc1ccccc1N=C1NC(=O)/C(=C/c2ccc3c(c2)[C@@H](C)CC(C)(C)N3C)S1. The van der Waals surface area contributed by atoms with Crippen molar-refractivity contribution in [1.29, 1.82) is 0 Å². The zero-order valence-corrected chi connectivity index (χ0v) is 18.4. The van der Waals surface area contributed by atoms with E-state index in [2.05, 4.69) is 61.2 Å². The summed E-state index contributed by atoms with van der Waals surface area (Å²) < 4.78 is 0. The molecule has 0 unspecified atom stereocenters. The number of hydrogen-bond acceptors (Lipinski definition) is 4. The molecule has 29 heavy (non-hydrogen) atoms. The number of fused-ring (bicyclic) bond motifs is 1. The molecule has 2 aromatic carbocycles. The average Bonchev–Trinajstić information content (AvgIpc) is 3.00. The molecule has 1 atom stereocenters. The van der Waals surface area contributed by atoms with Crippen LogP contribution in [0.25, 0.3) is 6.08 Å². The summed E-state index contributed by atoms with van der Waals surface area (Å²) in [6, 6.07) is 14.4. The number of thioether (sulfide) groups is 1. The van der Waals surface area contributed by atoms with Crippen molar-refractivity contribution in [2.24, 2.45) is 4.99 Å². The van der Waals surface area contributed by atoms with Gasteiger partial charge in [0, 0.05) is 18.3 Å². The molecule has 1 saturated heterocycles. The Kier molecular flexibility index (Phi) is 5.03. The second kappa shape index (κ2) is 7.38. The zero-order valence-electron chi connectivity index (χ0n) is 17.6. The van der Waals surface area contributed by atoms with Crippen molar-refractivity contribution in [3.63, 3.8) is 0 Å². The monoisotopic (exact) mass is 405 g/mol. The summed E-state index contributed by atoms with van der Waals surface area (Å²) in [4.78, 5) is 20.1. The fourth-order valence-electron chi connectivity index (χ4n) is 4.12. The van der Waals surface area contributed by atoms with Crippen LogP contribution in [-0.4, -0.2) is 23.7 Å². The molecule has 4 rings (SSSR count). The minimum atomic E-state index is -0.0913. The molecule has 2 heterocycles. The molecule has 4 nitrogen and oxygen atoms in total. The molecule has 0 aliphatic carbocycles. The van der Waals surface area contributed by atoms with Gasteiger partial charge in [0.05, 0.1) is 10.6 Å². The number of amidine groups is 1. The summed E-state index contributed by atoms with van der Waals surface area (Å²) in [6.45, 7) is 8.88. The third-order valence-electron chi connectivity index (χ3n) is 5.94. The highest BCUT2D eigenvalue weighted by atomic mass is 32.2. The molecule has 5 heteroatoms. The second-order valence-corrected chi connectivity index (χ2v) is 9.59. The number of benzene rings is 2. The smallest absolute Gasteiger partial charge is 0.264 e. The quantitative estimate of drug-likeness (QED) is 0.661. The molecular weight excluding hydrogens is 378 g/mol. The van der Waals surface area contributed by atoms with Gasteiger partial charge in [-0.25, -0.2) is 4.99 Å². The molecule has 0 spiro atoms. The number of aliphatic imine (C=N–C) groups is 1. The third-order valence-corrected chi connectivity index (χ3v) is 6.85. The Balaban J connectivity index is 1.61. The number of nitrogens with one attached hydrogen (secondary N) is 1. The first-order valence-electron chi connectivity index (χ1n) is 9.97. The van der Waals surface area contributed by atoms with Gasteiger partial charge in [-0.2, -0.15) is 0 Å². The van der Waals surface area contributed by atoms with Crippen molar-refractivity contribution in [2.75, 3.05) is 11.9 Å². The van der Waals surface area contributed by atoms with Crippen LogP contribution >= 0.6 is 11.8 Å². The van der Waals surface area contributed by atoms with E-state index < -0.39 is 0 Å². The van der Waals surface area contributed by atoms with Crippen molar-refractivity contribution in [2.45, 2.75) is 45.6 Å². The molecule has 0 bridgehead atoms. The summed E-state index contributed by atoms with van der Waals surface area (Å²) in [5, 5.41) is 3.51. The maximum Gasteiger partial charge on any atom is 0.264 e. The number of carbonyl (C=O) groups is 1. The van der Waals surface area contributed by atoms with Crippen LogP contribution in [0.3, 0.4) is 0 Å². The Morgan fingerprint density at radius 3 is 2.76 bits per heavy atom. The molecule has 2 aliphatic rings. The van der Waals surface area contributed by atoms with E-state index in [4.69, 9.17) is 0 Å². The average molecular weight is 406 g/mol. The summed E-state index contributed by atoms with van der Waals surface area (Å²) in [5.41, 5.74) is 5.79. The molecule has 0 aromatic heterocycles. The lowest BCUT2D eigenvalue weighted by atomic mass is 9.80. The first-order chi connectivity index (χ1) is 13.7. The van der Waals surface area contributed by atoms with Gasteiger partial charge in [-0.05, 0) is 85.8 Å². The molecule has 0 saturated carbocycles. The maximum atomic E-state index is 12.5. The number of para-hydroxylation sites is 1. The van der Waals surface area contributed by atoms with E-state index in [0.29, 0.717) is 16.0 Å². The number of nitrogens with zero attached hydrogens (tertiary/aromatic N) is 2. The van der Waals surface area contributed by atoms with E-state index in [1.807, 2.05) is 37.3 Å². The first kappa shape index (κ1) is 19.8. The van der Waals surface area contributed by atoms with Gasteiger partial charge in [0.1, 0.15) is 0 Å². The molecule has 2 aliphatic heterocycles. The largest absolute Gasteiger partial charge is 0.369 e. The summed E-state index contributed by atoms with van der Waals surface area (Å²) in [7, 11) is 2.16. The summed E-state index contributed by atoms with van der Waals surface area (Å²) in [6.07, 6.45) is 3.08. The lowest BCUT2D eigenvalue weighted by molar-refractivity contribution is -0.115. The van der Waals surface area contributed by atoms with Crippen LogP contribution in [-0.2, 0) is 4.79 Å². The van der Waals surface area contributed by atoms with Gasteiger partial charge >= 0.3 is 0 Å². The van der Waals surface area contributed by atoms with Crippen LogP contribution < -0.4 is 10.2 Å². The minimum absolute atomic E-state index is 0.0913. The van der Waals surface area contributed by atoms with Crippen LogP contribution in [0.1, 0.15) is 49.8 Å². The Labute approximate surface area is 177 Å². The van der Waals surface area contributed by atoms with Gasteiger partial charge in [0.15, 0.2) is 5.17 Å². The molecule has 150 valence electrons. The number of carbonyl (C=O) groups excluding carboxylic acids is 1. The lowest BCUT2D eigenvalue weighted by Gasteiger charge is -2.45. The zero-order chi connectivity index (χ0) is 20.8. The van der Waals surface area contributed by atoms with Gasteiger partial charge in [-0.15, -0.1) is 0 Å². The molecule has 2 aromatic rings. The Morgan fingerprint density at radius 2 is 2.00 bits per heavy atom. The van der Waals surface area contributed by atoms with Crippen LogP contribution in [0.15, 0.2) is 52.4 Å². The van der Waals surface area contributed by atoms with Gasteiger partial charge in [-0.1, -0.05) is 31.2 Å². The first-order valence-corrected chi connectivity index (χ1v) is 10.8. The van der Waals surface area contributed by atoms with Gasteiger partial charge in [0.2, 0.25) is 0 Å². The van der Waals surface area contributed by atoms with Crippen LogP contribution in [0.5, 0.6) is 0 Å². The molecular formula is C24H27N3OS. The van der Waals surface area contributed by atoms with Gasteiger partial charge in [-0.3, -0.25) is 4.79 Å². The number of rotatable bonds is 2. The predicted octanol–water partition coefficient (Wildman–Crippen LogP) is 5.61. The highest BCUT2D eigenvalue weighted by Crippen LogP contribution is 2.43. The van der Waals surface area contributed by atoms with Crippen LogP contribution in [0, 0.1) is 6.92 Å². The highest BCUT2D eigenvalue weighted by molar-refractivity contribution is 8.18. The third kappa shape index (κ3) is 3.84. The van der Waals surface area contributed by atoms with E-state index in [1.54, 1.807) is 0 Å². The van der Waals surface area contributed by atoms with Crippen LogP contribution in [0.2, 0.25) is 0 Å². The number of amides is 1. The lowest BCUT2D eigenvalue weighted by Crippen LogP contribution is -2.45. The highest BCUT2D eigenvalue weighted by Gasteiger charge is 2.34. The van der Waals surface area contributed by atoms with Crippen molar-refractivity contribution in [3.8, 4) is 0 Å². The summed E-state index contributed by atoms with van der Waals surface area (Å²) >= 11 is 1.40. The standard InChI is InChI=1S/C24H27N3OS/c1-15-8-6-7-9-19(15)25-23-26-22(28)21(29-23)13-17-10-11-20-18(12-17)16(2)14-24(3,4)27(20)5/h6-13,16H,14H2,1-5H3,(H,25,26,28)/b21-13-/t16-/m0/s1. The maximum absolute atomic E-state index is 12.5. The van der Waals surface area contributed by atoms with Crippen LogP contribution in [0.4, 0.5) is 11.4 Å². The van der Waals surface area contributed by atoms with Crippen molar-refractivity contribution in [1.82, 2.24) is 5.32 Å². The van der Waals surface area contributed by atoms with E-state index in [-0.39, 0.29) is 11.4 Å². The fourth-order valence-corrected chi connectivity index (χ4v) is 4.95. The molecule has 1 N–H and O–H groups in total. The number of aryl methyl sites for hydroxylation is 1. The van der Waals surface area contributed by atoms with Gasteiger partial charge in [0.25, 0.3) is 5.91 Å². The molecule has 1 fully saturated rings. The van der Waals surface area contributed by atoms with E-state index >= 15 is 0 Å². The minimum Gasteiger partial charge on any atom is -0.369 e. The Hall–Kier alpha value is -2.53. The van der Waals surface area contributed by atoms with E-state index in [1.165, 1.54) is 23.0 Å². The van der Waals surface area contributed by atoms with Gasteiger partial charge < -0.3 is 10.2 Å². The normalized spacial score (nSPS) is 23.4. The Morgan fingerprint density at radius 1 is 1.24 bits per heavy atom. The van der Waals surface area contributed by atoms with E-state index in [9.17, 15) is 4.79 Å². The van der Waals surface area contributed by atoms with Crippen molar-refractivity contribution in [3.05, 3.63) is 64.1 Å². The topological polar surface area (TPSA) is 44.7 Å². The summed E-state index contributed by atoms with van der Waals surface area (Å²) in [5.74, 6) is 0.393. The number of hydrogen-bond donors (Lipinski definition) is 1. The molecule has 1 amide bonds. The Bertz CT molecular complexity index is 1040. The van der Waals surface area contributed by atoms with Crippen molar-refractivity contribution >= 4 is 40.3 Å².